The summed E-state index contributed by atoms with van der Waals surface area (Å²) in [4.78, 5) is 21.8. The molecule has 0 atom stereocenters. The molecule has 9 heteroatoms. The van der Waals surface area contributed by atoms with Crippen LogP contribution >= 0.6 is 0 Å². The van der Waals surface area contributed by atoms with E-state index in [0.29, 0.717) is 42.3 Å². The first-order chi connectivity index (χ1) is 14.3. The van der Waals surface area contributed by atoms with Crippen LogP contribution in [-0.2, 0) is 0 Å². The number of hydrogen-bond donors (Lipinski definition) is 0. The van der Waals surface area contributed by atoms with E-state index in [2.05, 4.69) is 30.0 Å². The fourth-order valence-electron chi connectivity index (χ4n) is 2.66. The largest absolute Gasteiger partial charge is 0.478 e. The van der Waals surface area contributed by atoms with Crippen LogP contribution in [0.1, 0.15) is 13.8 Å². The number of hydrogen-bond acceptors (Lipinski definition) is 8. The Balaban J connectivity index is 1.68. The molecule has 0 N–H and O–H groups in total. The Morgan fingerprint density at radius 2 is 1.69 bits per heavy atom. The molecule has 0 aromatic carbocycles. The van der Waals surface area contributed by atoms with Crippen molar-refractivity contribution in [3.8, 4) is 40.4 Å². The average molecular weight is 389 g/mol. The van der Waals surface area contributed by atoms with Gasteiger partial charge in [-0.05, 0) is 32.0 Å². The number of rotatable bonds is 7. The summed E-state index contributed by atoms with van der Waals surface area (Å²) in [5.41, 5.74) is 2.40. The van der Waals surface area contributed by atoms with Crippen LogP contribution in [0.4, 0.5) is 0 Å². The molecule has 146 valence electrons. The van der Waals surface area contributed by atoms with Crippen LogP contribution in [0.2, 0.25) is 0 Å². The third-order valence-corrected chi connectivity index (χ3v) is 3.91. The van der Waals surface area contributed by atoms with Gasteiger partial charge in [-0.3, -0.25) is 4.98 Å². The highest BCUT2D eigenvalue weighted by atomic mass is 16.5. The maximum Gasteiger partial charge on any atom is 0.220 e. The van der Waals surface area contributed by atoms with Crippen molar-refractivity contribution in [2.24, 2.45) is 0 Å². The van der Waals surface area contributed by atoms with Crippen molar-refractivity contribution in [2.45, 2.75) is 13.8 Å². The van der Waals surface area contributed by atoms with Gasteiger partial charge in [0, 0.05) is 24.2 Å². The predicted octanol–water partition coefficient (Wildman–Crippen LogP) is 2.98. The highest BCUT2D eigenvalue weighted by molar-refractivity contribution is 5.60. The van der Waals surface area contributed by atoms with E-state index in [1.54, 1.807) is 35.5 Å². The molecule has 0 amide bonds. The zero-order valence-corrected chi connectivity index (χ0v) is 16.1. The maximum atomic E-state index is 5.52. The molecule has 9 nitrogen and oxygen atoms in total. The van der Waals surface area contributed by atoms with Gasteiger partial charge in [0.2, 0.25) is 17.6 Å². The lowest BCUT2D eigenvalue weighted by Crippen LogP contribution is -2.03. The topological polar surface area (TPSA) is 101 Å². The Morgan fingerprint density at radius 1 is 0.897 bits per heavy atom. The van der Waals surface area contributed by atoms with Gasteiger partial charge in [-0.1, -0.05) is 0 Å². The molecule has 4 aromatic rings. The van der Waals surface area contributed by atoms with Crippen LogP contribution in [0.5, 0.6) is 11.8 Å². The molecule has 4 aromatic heterocycles. The van der Waals surface area contributed by atoms with Gasteiger partial charge in [0.1, 0.15) is 0 Å². The lowest BCUT2D eigenvalue weighted by molar-refractivity contribution is 0.306. The Labute approximate surface area is 167 Å². The molecular formula is C20H19N7O2. The average Bonchev–Trinajstić information content (AvgIpc) is 3.25. The van der Waals surface area contributed by atoms with Crippen molar-refractivity contribution < 1.29 is 9.47 Å². The number of pyridine rings is 1. The second kappa shape index (κ2) is 8.42. The van der Waals surface area contributed by atoms with Crippen LogP contribution in [0, 0.1) is 0 Å². The number of aromatic nitrogens is 7. The van der Waals surface area contributed by atoms with Gasteiger partial charge in [-0.2, -0.15) is 15.1 Å². The lowest BCUT2D eigenvalue weighted by atomic mass is 10.2. The highest BCUT2D eigenvalue weighted by Crippen LogP contribution is 2.23. The normalized spacial score (nSPS) is 10.7. The summed E-state index contributed by atoms with van der Waals surface area (Å²) in [6.07, 6.45) is 8.74. The maximum absolute atomic E-state index is 5.52. The smallest absolute Gasteiger partial charge is 0.220 e. The summed E-state index contributed by atoms with van der Waals surface area (Å²) in [5.74, 6) is 1.54. The van der Waals surface area contributed by atoms with Crippen molar-refractivity contribution in [3.63, 3.8) is 0 Å². The third kappa shape index (κ3) is 4.18. The summed E-state index contributed by atoms with van der Waals surface area (Å²) in [6.45, 7) is 4.74. The zero-order valence-electron chi connectivity index (χ0n) is 16.1. The molecule has 0 fully saturated rings. The van der Waals surface area contributed by atoms with E-state index < -0.39 is 0 Å². The Morgan fingerprint density at radius 3 is 2.38 bits per heavy atom. The molecule has 29 heavy (non-hydrogen) atoms. The van der Waals surface area contributed by atoms with Crippen LogP contribution in [-0.4, -0.2) is 47.9 Å². The first-order valence-electron chi connectivity index (χ1n) is 9.20. The predicted molar refractivity (Wildman–Crippen MR) is 106 cm³/mol. The van der Waals surface area contributed by atoms with Crippen molar-refractivity contribution in [1.82, 2.24) is 34.7 Å². The molecular weight excluding hydrogens is 370 g/mol. The molecule has 0 spiro atoms. The van der Waals surface area contributed by atoms with E-state index in [-0.39, 0.29) is 0 Å². The SMILES string of the molecule is CCOc1cc(OCC)nc(-c2nccc(-c3cnn(-c4cccnc4)c3)n2)n1. The van der Waals surface area contributed by atoms with E-state index in [9.17, 15) is 0 Å². The molecule has 0 radical (unpaired) electrons. The summed E-state index contributed by atoms with van der Waals surface area (Å²) in [5, 5.41) is 4.39. The number of ether oxygens (including phenoxy) is 2. The highest BCUT2D eigenvalue weighted by Gasteiger charge is 2.13. The van der Waals surface area contributed by atoms with E-state index in [4.69, 9.17) is 9.47 Å². The van der Waals surface area contributed by atoms with E-state index in [0.717, 1.165) is 11.3 Å². The second-order valence-electron chi connectivity index (χ2n) is 5.88. The molecule has 0 saturated carbocycles. The Bertz CT molecular complexity index is 1070. The molecule has 0 unspecified atom stereocenters. The van der Waals surface area contributed by atoms with Gasteiger partial charge in [0.15, 0.2) is 5.82 Å². The van der Waals surface area contributed by atoms with E-state index in [1.165, 1.54) is 0 Å². The van der Waals surface area contributed by atoms with Crippen LogP contribution in [0.25, 0.3) is 28.6 Å². The molecule has 0 saturated heterocycles. The van der Waals surface area contributed by atoms with E-state index >= 15 is 0 Å². The lowest BCUT2D eigenvalue weighted by Gasteiger charge is -2.08. The van der Waals surface area contributed by atoms with Crippen LogP contribution in [0.3, 0.4) is 0 Å². The molecule has 0 aliphatic rings. The molecule has 4 rings (SSSR count). The molecule has 0 aliphatic carbocycles. The van der Waals surface area contributed by atoms with Crippen molar-refractivity contribution in [2.75, 3.05) is 13.2 Å². The van der Waals surface area contributed by atoms with E-state index in [1.807, 2.05) is 38.2 Å². The van der Waals surface area contributed by atoms with Gasteiger partial charge < -0.3 is 9.47 Å². The monoisotopic (exact) mass is 389 g/mol. The molecule has 0 aliphatic heterocycles. The van der Waals surface area contributed by atoms with Gasteiger partial charge in [-0.15, -0.1) is 0 Å². The van der Waals surface area contributed by atoms with Gasteiger partial charge >= 0.3 is 0 Å². The molecule has 0 bridgehead atoms. The fraction of sp³-hybridized carbons (Fsp3) is 0.200. The standard InChI is InChI=1S/C20H19N7O2/c1-3-28-17-10-18(29-4-2)26-20(25-17)19-22-9-7-16(24-19)14-11-23-27(13-14)15-6-5-8-21-12-15/h5-13H,3-4H2,1-2H3. The summed E-state index contributed by atoms with van der Waals surface area (Å²) in [6, 6.07) is 7.25. The first kappa shape index (κ1) is 18.5. The van der Waals surface area contributed by atoms with Crippen molar-refractivity contribution in [3.05, 3.63) is 55.2 Å². The van der Waals surface area contributed by atoms with Gasteiger partial charge in [-0.25, -0.2) is 14.6 Å². The van der Waals surface area contributed by atoms with Crippen LogP contribution in [0.15, 0.2) is 55.2 Å². The minimum absolute atomic E-state index is 0.334. The van der Waals surface area contributed by atoms with Crippen molar-refractivity contribution >= 4 is 0 Å². The summed E-state index contributed by atoms with van der Waals surface area (Å²) in [7, 11) is 0. The second-order valence-corrected chi connectivity index (χ2v) is 5.88. The zero-order chi connectivity index (χ0) is 20.1. The first-order valence-corrected chi connectivity index (χ1v) is 9.20. The minimum atomic E-state index is 0.334. The summed E-state index contributed by atoms with van der Waals surface area (Å²) >= 11 is 0. The number of nitrogens with zero attached hydrogens (tertiary/aromatic N) is 7. The Kier molecular flexibility index (Phi) is 5.37. The minimum Gasteiger partial charge on any atom is -0.478 e. The summed E-state index contributed by atoms with van der Waals surface area (Å²) < 4.78 is 12.8. The van der Waals surface area contributed by atoms with Gasteiger partial charge in [0.05, 0.1) is 43.1 Å². The fourth-order valence-corrected chi connectivity index (χ4v) is 2.66. The Hall–Kier alpha value is -3.88. The van der Waals surface area contributed by atoms with Crippen LogP contribution < -0.4 is 9.47 Å². The quantitative estimate of drug-likeness (QED) is 0.475. The van der Waals surface area contributed by atoms with Gasteiger partial charge in [0.25, 0.3) is 0 Å². The van der Waals surface area contributed by atoms with Crippen molar-refractivity contribution in [1.29, 1.82) is 0 Å². The molecule has 4 heterocycles. The third-order valence-electron chi connectivity index (χ3n) is 3.91.